The summed E-state index contributed by atoms with van der Waals surface area (Å²) in [7, 11) is 0. The normalized spacial score (nSPS) is 17.8. The number of epoxide rings is 1. The van der Waals surface area contributed by atoms with Crippen molar-refractivity contribution < 1.29 is 25.2 Å². The van der Waals surface area contributed by atoms with Gasteiger partial charge in [-0.05, 0) is 12.1 Å². The van der Waals surface area contributed by atoms with Crippen LogP contribution >= 0.6 is 11.6 Å². The molecule has 5 nitrogen and oxygen atoms in total. The zero-order valence-electron chi connectivity index (χ0n) is 7.72. The molecule has 1 heterocycles. The minimum absolute atomic E-state index is 0.400. The lowest BCUT2D eigenvalue weighted by atomic mass is 10.3. The molecule has 4 N–H and O–H groups in total. The lowest BCUT2D eigenvalue weighted by Gasteiger charge is -2.00. The zero-order chi connectivity index (χ0) is 11.4. The molecule has 2 rings (SSSR count). The maximum atomic E-state index is 8.73. The predicted molar refractivity (Wildman–Crippen MR) is 53.6 cm³/mol. The van der Waals surface area contributed by atoms with E-state index in [1.54, 1.807) is 0 Å². The fourth-order valence-corrected chi connectivity index (χ4v) is 0.894. The van der Waals surface area contributed by atoms with Crippen LogP contribution in [0.25, 0.3) is 0 Å². The van der Waals surface area contributed by atoms with Gasteiger partial charge in [0.2, 0.25) is 11.5 Å². The van der Waals surface area contributed by atoms with Crippen LogP contribution < -0.4 is 0 Å². The fourth-order valence-electron chi connectivity index (χ4n) is 0.715. The van der Waals surface area contributed by atoms with Crippen LogP contribution in [0.15, 0.2) is 12.1 Å². The Morgan fingerprint density at radius 2 is 1.53 bits per heavy atom. The van der Waals surface area contributed by atoms with Gasteiger partial charge in [0.05, 0.1) is 18.6 Å². The summed E-state index contributed by atoms with van der Waals surface area (Å²) in [4.78, 5) is 0. The molecular formula is C9H11ClO5. The van der Waals surface area contributed by atoms with Crippen molar-refractivity contribution in [3.05, 3.63) is 12.1 Å². The number of hydrogen-bond acceptors (Lipinski definition) is 5. The first kappa shape index (κ1) is 11.7. The van der Waals surface area contributed by atoms with E-state index >= 15 is 0 Å². The number of halogens is 1. The summed E-state index contributed by atoms with van der Waals surface area (Å²) in [5.41, 5.74) is 0. The van der Waals surface area contributed by atoms with Gasteiger partial charge in [0, 0.05) is 0 Å². The molecule has 1 atom stereocenters. The molecule has 0 aliphatic carbocycles. The average Bonchev–Trinajstić information content (AvgIpc) is 3.05. The third kappa shape index (κ3) is 3.38. The molecule has 1 aliphatic rings. The summed E-state index contributed by atoms with van der Waals surface area (Å²) in [6.45, 7) is 0.878. The van der Waals surface area contributed by atoms with Crippen LogP contribution in [0, 0.1) is 0 Å². The molecule has 0 bridgehead atoms. The van der Waals surface area contributed by atoms with Crippen LogP contribution in [0.1, 0.15) is 0 Å². The Labute approximate surface area is 91.1 Å². The van der Waals surface area contributed by atoms with E-state index in [0.29, 0.717) is 12.0 Å². The minimum atomic E-state index is -0.708. The fraction of sp³-hybridized carbons (Fsp3) is 0.333. The van der Waals surface area contributed by atoms with Crippen LogP contribution in [-0.2, 0) is 4.74 Å². The van der Waals surface area contributed by atoms with Crippen LogP contribution in [0.3, 0.4) is 0 Å². The number of aromatic hydroxyl groups is 4. The molecule has 0 spiro atoms. The van der Waals surface area contributed by atoms with Crippen molar-refractivity contribution in [1.82, 2.24) is 0 Å². The molecule has 1 unspecified atom stereocenters. The van der Waals surface area contributed by atoms with Gasteiger partial charge >= 0.3 is 0 Å². The predicted octanol–water partition coefficient (Wildman–Crippen LogP) is 1.13. The van der Waals surface area contributed by atoms with Crippen LogP contribution in [-0.4, -0.2) is 39.0 Å². The average molecular weight is 235 g/mol. The number of benzene rings is 1. The van der Waals surface area contributed by atoms with E-state index in [9.17, 15) is 0 Å². The first-order valence-electron chi connectivity index (χ1n) is 4.16. The second-order valence-electron chi connectivity index (χ2n) is 2.91. The number of alkyl halides is 1. The molecule has 6 heteroatoms. The Morgan fingerprint density at radius 1 is 1.13 bits per heavy atom. The van der Waals surface area contributed by atoms with Crippen molar-refractivity contribution >= 4 is 11.6 Å². The molecule has 1 aliphatic heterocycles. The highest BCUT2D eigenvalue weighted by Crippen LogP contribution is 2.40. The second-order valence-corrected chi connectivity index (χ2v) is 3.22. The van der Waals surface area contributed by atoms with Crippen LogP contribution in [0.2, 0.25) is 0 Å². The lowest BCUT2D eigenvalue weighted by Crippen LogP contribution is -1.80. The van der Waals surface area contributed by atoms with Gasteiger partial charge in [-0.1, -0.05) is 0 Å². The molecular weight excluding hydrogens is 224 g/mol. The SMILES string of the molecule is ClCC1CO1.Oc1ccc(O)c(O)c1O. The Bertz CT molecular complexity index is 311. The van der Waals surface area contributed by atoms with Crippen molar-refractivity contribution in [1.29, 1.82) is 0 Å². The van der Waals surface area contributed by atoms with Gasteiger partial charge in [-0.2, -0.15) is 0 Å². The zero-order valence-corrected chi connectivity index (χ0v) is 8.48. The molecule has 0 aromatic heterocycles. The van der Waals surface area contributed by atoms with E-state index in [1.165, 1.54) is 0 Å². The smallest absolute Gasteiger partial charge is 0.204 e. The molecule has 0 radical (unpaired) electrons. The third-order valence-corrected chi connectivity index (χ3v) is 2.03. The van der Waals surface area contributed by atoms with Gasteiger partial charge in [-0.3, -0.25) is 0 Å². The van der Waals surface area contributed by atoms with E-state index < -0.39 is 23.0 Å². The molecule has 1 aromatic rings. The Balaban J connectivity index is 0.000000187. The van der Waals surface area contributed by atoms with Crippen molar-refractivity contribution in [3.8, 4) is 23.0 Å². The summed E-state index contributed by atoms with van der Waals surface area (Å²) in [5.74, 6) is -1.68. The van der Waals surface area contributed by atoms with Gasteiger partial charge in [0.25, 0.3) is 0 Å². The molecule has 1 aromatic carbocycles. The highest BCUT2D eigenvalue weighted by molar-refractivity contribution is 6.18. The van der Waals surface area contributed by atoms with E-state index in [2.05, 4.69) is 0 Å². The molecule has 0 amide bonds. The van der Waals surface area contributed by atoms with E-state index in [-0.39, 0.29) is 0 Å². The van der Waals surface area contributed by atoms with Gasteiger partial charge in [0.15, 0.2) is 11.5 Å². The van der Waals surface area contributed by atoms with Gasteiger partial charge in [-0.15, -0.1) is 11.6 Å². The molecule has 1 fully saturated rings. The maximum Gasteiger partial charge on any atom is 0.204 e. The Hall–Kier alpha value is -1.33. The number of rotatable bonds is 1. The lowest BCUT2D eigenvalue weighted by molar-refractivity contribution is 0.346. The molecule has 0 saturated carbocycles. The summed E-state index contributed by atoms with van der Waals surface area (Å²) in [6.07, 6.45) is 0.400. The molecule has 84 valence electrons. The van der Waals surface area contributed by atoms with Crippen molar-refractivity contribution in [3.63, 3.8) is 0 Å². The van der Waals surface area contributed by atoms with Crippen molar-refractivity contribution in [2.45, 2.75) is 6.10 Å². The monoisotopic (exact) mass is 234 g/mol. The van der Waals surface area contributed by atoms with Gasteiger partial charge < -0.3 is 25.2 Å². The highest BCUT2D eigenvalue weighted by Gasteiger charge is 2.19. The Morgan fingerprint density at radius 3 is 1.73 bits per heavy atom. The summed E-state index contributed by atoms with van der Waals surface area (Å²) in [5, 5.41) is 34.9. The topological polar surface area (TPSA) is 93.5 Å². The highest BCUT2D eigenvalue weighted by atomic mass is 35.5. The Kier molecular flexibility index (Phi) is 3.88. The van der Waals surface area contributed by atoms with Gasteiger partial charge in [-0.25, -0.2) is 0 Å². The first-order valence-corrected chi connectivity index (χ1v) is 4.70. The van der Waals surface area contributed by atoms with Gasteiger partial charge in [0.1, 0.15) is 0 Å². The van der Waals surface area contributed by atoms with Crippen molar-refractivity contribution in [2.24, 2.45) is 0 Å². The second kappa shape index (κ2) is 4.95. The minimum Gasteiger partial charge on any atom is -0.504 e. The van der Waals surface area contributed by atoms with E-state index in [4.69, 9.17) is 36.8 Å². The summed E-state index contributed by atoms with van der Waals surface area (Å²) in [6, 6.07) is 2.15. The molecule has 15 heavy (non-hydrogen) atoms. The number of phenolic OH excluding ortho intramolecular Hbond substituents is 4. The number of hydrogen-bond donors (Lipinski definition) is 4. The first-order chi connectivity index (χ1) is 7.06. The quantitative estimate of drug-likeness (QED) is 0.253. The number of phenols is 4. The van der Waals surface area contributed by atoms with E-state index in [1.807, 2.05) is 0 Å². The van der Waals surface area contributed by atoms with Crippen LogP contribution in [0.4, 0.5) is 0 Å². The standard InChI is InChI=1S/C6H6O4.C3H5ClO/c7-3-1-2-4(8)6(10)5(3)9;4-1-3-2-5-3/h1-2,7-10H;3H,1-2H2. The van der Waals surface area contributed by atoms with E-state index in [0.717, 1.165) is 18.7 Å². The number of ether oxygens (including phenoxy) is 1. The largest absolute Gasteiger partial charge is 0.504 e. The third-order valence-electron chi connectivity index (χ3n) is 1.68. The van der Waals surface area contributed by atoms with Crippen LogP contribution in [0.5, 0.6) is 23.0 Å². The summed E-state index contributed by atoms with van der Waals surface area (Å²) < 4.78 is 4.73. The maximum absolute atomic E-state index is 8.73. The molecule has 1 saturated heterocycles. The van der Waals surface area contributed by atoms with Crippen molar-refractivity contribution in [2.75, 3.05) is 12.5 Å². The summed E-state index contributed by atoms with van der Waals surface area (Å²) >= 11 is 5.27.